The van der Waals surface area contributed by atoms with Gasteiger partial charge in [0.15, 0.2) is 5.69 Å². The molecule has 2 N–H and O–H groups in total. The molecule has 1 heterocycles. The highest BCUT2D eigenvalue weighted by Crippen LogP contribution is 2.32. The first kappa shape index (κ1) is 11.0. The van der Waals surface area contributed by atoms with Gasteiger partial charge < -0.3 is 5.73 Å². The zero-order valence-corrected chi connectivity index (χ0v) is 8.19. The van der Waals surface area contributed by atoms with Crippen molar-refractivity contribution in [3.05, 3.63) is 28.0 Å². The Hall–Kier alpha value is -1.11. The number of aromatic nitrogens is 1. The summed E-state index contributed by atoms with van der Waals surface area (Å²) in [6, 6.07) is 1.22. The van der Waals surface area contributed by atoms with Gasteiger partial charge in [0.05, 0.1) is 5.56 Å². The van der Waals surface area contributed by atoms with Crippen LogP contribution in [0.5, 0.6) is 0 Å². The van der Waals surface area contributed by atoms with E-state index in [2.05, 4.69) is 20.9 Å². The van der Waals surface area contributed by atoms with E-state index in [1.807, 2.05) is 0 Å². The lowest BCUT2D eigenvalue weighted by molar-refractivity contribution is -0.141. The molecule has 0 saturated carbocycles. The number of halogens is 4. The van der Waals surface area contributed by atoms with Gasteiger partial charge in [-0.05, 0) is 22.0 Å². The SMILES string of the molecule is NC(=O)c1c(Br)ccnc1C(F)(F)F. The molecule has 1 aromatic heterocycles. The van der Waals surface area contributed by atoms with E-state index in [1.165, 1.54) is 6.07 Å². The fraction of sp³-hybridized carbons (Fsp3) is 0.143. The van der Waals surface area contributed by atoms with Crippen molar-refractivity contribution in [3.8, 4) is 0 Å². The maximum atomic E-state index is 12.3. The highest BCUT2D eigenvalue weighted by Gasteiger charge is 2.37. The second-order valence-electron chi connectivity index (χ2n) is 2.38. The van der Waals surface area contributed by atoms with Crippen LogP contribution < -0.4 is 5.73 Å². The van der Waals surface area contributed by atoms with Gasteiger partial charge in [0.1, 0.15) is 0 Å². The average molecular weight is 269 g/mol. The molecule has 76 valence electrons. The minimum absolute atomic E-state index is 0.0210. The van der Waals surface area contributed by atoms with Gasteiger partial charge in [-0.2, -0.15) is 13.2 Å². The molecule has 0 aliphatic carbocycles. The van der Waals surface area contributed by atoms with Crippen LogP contribution in [0.25, 0.3) is 0 Å². The van der Waals surface area contributed by atoms with Gasteiger partial charge >= 0.3 is 6.18 Å². The van der Waals surface area contributed by atoms with Crippen molar-refractivity contribution >= 4 is 21.8 Å². The predicted molar refractivity (Wildman–Crippen MR) is 45.5 cm³/mol. The molecule has 3 nitrogen and oxygen atoms in total. The van der Waals surface area contributed by atoms with Crippen molar-refractivity contribution in [2.75, 3.05) is 0 Å². The fourth-order valence-corrected chi connectivity index (χ4v) is 1.39. The van der Waals surface area contributed by atoms with Gasteiger partial charge in [-0.3, -0.25) is 9.78 Å². The van der Waals surface area contributed by atoms with Crippen LogP contribution in [0.1, 0.15) is 16.1 Å². The van der Waals surface area contributed by atoms with E-state index in [0.29, 0.717) is 0 Å². The van der Waals surface area contributed by atoms with Gasteiger partial charge in [0.25, 0.3) is 5.91 Å². The molecule has 1 rings (SSSR count). The summed E-state index contributed by atoms with van der Waals surface area (Å²) in [6.45, 7) is 0. The molecule has 1 aromatic rings. The van der Waals surface area contributed by atoms with E-state index in [9.17, 15) is 18.0 Å². The van der Waals surface area contributed by atoms with Crippen LogP contribution in [0.2, 0.25) is 0 Å². The number of primary amides is 1. The number of rotatable bonds is 1. The third-order valence-corrected chi connectivity index (χ3v) is 2.08. The number of pyridine rings is 1. The van der Waals surface area contributed by atoms with Crippen molar-refractivity contribution in [2.45, 2.75) is 6.18 Å². The lowest BCUT2D eigenvalue weighted by Crippen LogP contribution is -2.20. The molecule has 0 unspecified atom stereocenters. The normalized spacial score (nSPS) is 11.4. The number of hydrogen-bond donors (Lipinski definition) is 1. The van der Waals surface area contributed by atoms with Crippen LogP contribution in [0.15, 0.2) is 16.7 Å². The van der Waals surface area contributed by atoms with Crippen LogP contribution in [0, 0.1) is 0 Å². The highest BCUT2D eigenvalue weighted by molar-refractivity contribution is 9.10. The van der Waals surface area contributed by atoms with Crippen molar-refractivity contribution in [2.24, 2.45) is 5.73 Å². The molecule has 0 saturated heterocycles. The summed E-state index contributed by atoms with van der Waals surface area (Å²) in [7, 11) is 0. The molecule has 14 heavy (non-hydrogen) atoms. The van der Waals surface area contributed by atoms with E-state index < -0.39 is 23.3 Å². The number of carbonyl (C=O) groups is 1. The molecule has 0 fully saturated rings. The quantitative estimate of drug-likeness (QED) is 0.847. The lowest BCUT2D eigenvalue weighted by Gasteiger charge is -2.09. The van der Waals surface area contributed by atoms with Gasteiger partial charge in [0, 0.05) is 10.7 Å². The lowest BCUT2D eigenvalue weighted by atomic mass is 10.2. The Morgan fingerprint density at radius 2 is 2.07 bits per heavy atom. The third kappa shape index (κ3) is 2.03. The number of alkyl halides is 3. The van der Waals surface area contributed by atoms with Crippen LogP contribution >= 0.6 is 15.9 Å². The molecule has 0 radical (unpaired) electrons. The summed E-state index contributed by atoms with van der Waals surface area (Å²) < 4.78 is 36.9. The number of nitrogens with two attached hydrogens (primary N) is 1. The molecular formula is C7H4BrF3N2O. The summed E-state index contributed by atoms with van der Waals surface area (Å²) in [5.41, 5.74) is 2.87. The van der Waals surface area contributed by atoms with Gasteiger partial charge in [-0.1, -0.05) is 0 Å². The summed E-state index contributed by atoms with van der Waals surface area (Å²) in [6.07, 6.45) is -3.74. The second-order valence-corrected chi connectivity index (χ2v) is 3.23. The molecular weight excluding hydrogens is 265 g/mol. The summed E-state index contributed by atoms with van der Waals surface area (Å²) in [5, 5.41) is 0. The molecule has 0 atom stereocenters. The van der Waals surface area contributed by atoms with Crippen LogP contribution in [-0.4, -0.2) is 10.9 Å². The Balaban J connectivity index is 3.44. The Bertz CT molecular complexity index is 378. The molecule has 0 bridgehead atoms. The summed E-state index contributed by atoms with van der Waals surface area (Å²) in [5.74, 6) is -1.17. The highest BCUT2D eigenvalue weighted by atomic mass is 79.9. The standard InChI is InChI=1S/C7H4BrF3N2O/c8-3-1-2-13-5(7(9,10)11)4(3)6(12)14/h1-2H,(H2,12,14). The molecule has 1 amide bonds. The molecule has 0 spiro atoms. The summed E-state index contributed by atoms with van der Waals surface area (Å²) in [4.78, 5) is 13.8. The van der Waals surface area contributed by atoms with Crippen molar-refractivity contribution in [3.63, 3.8) is 0 Å². The Morgan fingerprint density at radius 3 is 2.43 bits per heavy atom. The maximum Gasteiger partial charge on any atom is 0.434 e. The fourth-order valence-electron chi connectivity index (χ4n) is 0.888. The Kier molecular flexibility index (Phi) is 2.79. The Morgan fingerprint density at radius 1 is 1.50 bits per heavy atom. The molecule has 0 aromatic carbocycles. The average Bonchev–Trinajstić information content (AvgIpc) is 2.01. The zero-order chi connectivity index (χ0) is 10.9. The van der Waals surface area contributed by atoms with E-state index >= 15 is 0 Å². The first-order chi connectivity index (χ1) is 6.34. The third-order valence-electron chi connectivity index (χ3n) is 1.42. The number of hydrogen-bond acceptors (Lipinski definition) is 2. The van der Waals surface area contributed by atoms with Crippen molar-refractivity contribution in [1.82, 2.24) is 4.98 Å². The number of nitrogens with zero attached hydrogens (tertiary/aromatic N) is 1. The van der Waals surface area contributed by atoms with Crippen molar-refractivity contribution < 1.29 is 18.0 Å². The van der Waals surface area contributed by atoms with Gasteiger partial charge in [0.2, 0.25) is 0 Å². The van der Waals surface area contributed by atoms with Crippen LogP contribution in [-0.2, 0) is 6.18 Å². The van der Waals surface area contributed by atoms with Crippen LogP contribution in [0.3, 0.4) is 0 Å². The van der Waals surface area contributed by atoms with Gasteiger partial charge in [-0.25, -0.2) is 0 Å². The second kappa shape index (κ2) is 3.56. The van der Waals surface area contributed by atoms with Crippen LogP contribution in [0.4, 0.5) is 13.2 Å². The maximum absolute atomic E-state index is 12.3. The van der Waals surface area contributed by atoms with E-state index in [-0.39, 0.29) is 4.47 Å². The van der Waals surface area contributed by atoms with E-state index in [4.69, 9.17) is 5.73 Å². The van der Waals surface area contributed by atoms with E-state index in [0.717, 1.165) is 6.20 Å². The number of amides is 1. The monoisotopic (exact) mass is 268 g/mol. The molecule has 0 aliphatic rings. The van der Waals surface area contributed by atoms with Gasteiger partial charge in [-0.15, -0.1) is 0 Å². The Labute approximate surface area is 85.2 Å². The molecule has 7 heteroatoms. The molecule has 0 aliphatic heterocycles. The smallest absolute Gasteiger partial charge is 0.366 e. The minimum Gasteiger partial charge on any atom is -0.366 e. The summed E-state index contributed by atoms with van der Waals surface area (Å²) >= 11 is 2.80. The largest absolute Gasteiger partial charge is 0.434 e. The topological polar surface area (TPSA) is 56.0 Å². The first-order valence-corrected chi connectivity index (χ1v) is 4.15. The number of carbonyl (C=O) groups excluding carboxylic acids is 1. The predicted octanol–water partition coefficient (Wildman–Crippen LogP) is 1.96. The minimum atomic E-state index is -4.69. The van der Waals surface area contributed by atoms with E-state index in [1.54, 1.807) is 0 Å². The van der Waals surface area contributed by atoms with Crippen molar-refractivity contribution in [1.29, 1.82) is 0 Å². The first-order valence-electron chi connectivity index (χ1n) is 3.35. The zero-order valence-electron chi connectivity index (χ0n) is 6.60.